The lowest BCUT2D eigenvalue weighted by Gasteiger charge is -2.32. The van der Waals surface area contributed by atoms with Crippen molar-refractivity contribution in [2.45, 2.75) is 64.8 Å². The molecule has 1 aliphatic heterocycles. The molecule has 2 fully saturated rings. The van der Waals surface area contributed by atoms with Crippen molar-refractivity contribution in [1.82, 2.24) is 15.5 Å². The van der Waals surface area contributed by atoms with Gasteiger partial charge in [0.25, 0.3) is 0 Å². The second kappa shape index (κ2) is 9.14. The Morgan fingerprint density at radius 2 is 1.92 bits per heavy atom. The summed E-state index contributed by atoms with van der Waals surface area (Å²) in [5.74, 6) is 0.925. The number of piperidine rings is 1. The number of carbonyl (C=O) groups is 1. The molecule has 1 aliphatic carbocycles. The van der Waals surface area contributed by atoms with Gasteiger partial charge in [0.05, 0.1) is 7.11 Å². The number of hydrogen-bond donors (Lipinski definition) is 2. The minimum Gasteiger partial charge on any atom is -0.453 e. The number of aliphatic imine (C=N–C) groups is 1. The van der Waals surface area contributed by atoms with Crippen molar-refractivity contribution in [1.29, 1.82) is 0 Å². The molecule has 1 saturated carbocycles. The van der Waals surface area contributed by atoms with Crippen molar-refractivity contribution in [2.24, 2.45) is 10.4 Å². The summed E-state index contributed by atoms with van der Waals surface area (Å²) in [7, 11) is 1.44. The molecule has 0 spiro atoms. The van der Waals surface area contributed by atoms with Crippen LogP contribution in [0, 0.1) is 5.41 Å². The Kier molecular flexibility index (Phi) is 7.18. The van der Waals surface area contributed by atoms with E-state index in [2.05, 4.69) is 24.5 Å². The van der Waals surface area contributed by atoms with Gasteiger partial charge in [-0.3, -0.25) is 4.99 Å². The van der Waals surface area contributed by atoms with E-state index in [1.165, 1.54) is 39.2 Å². The molecule has 0 aromatic rings. The third-order valence-corrected chi connectivity index (χ3v) is 5.60. The van der Waals surface area contributed by atoms with E-state index in [-0.39, 0.29) is 6.09 Å². The van der Waals surface area contributed by atoms with Gasteiger partial charge in [-0.15, -0.1) is 0 Å². The number of carbonyl (C=O) groups excluding carboxylic acids is 1. The Balaban J connectivity index is 1.87. The summed E-state index contributed by atoms with van der Waals surface area (Å²) in [4.78, 5) is 18.2. The van der Waals surface area contributed by atoms with Crippen LogP contribution in [0.1, 0.15) is 58.8 Å². The fourth-order valence-corrected chi connectivity index (χ4v) is 3.84. The van der Waals surface area contributed by atoms with Crippen molar-refractivity contribution < 1.29 is 9.53 Å². The van der Waals surface area contributed by atoms with Gasteiger partial charge in [-0.2, -0.15) is 0 Å². The molecule has 0 atom stereocenters. The van der Waals surface area contributed by atoms with Crippen LogP contribution in [0.15, 0.2) is 4.99 Å². The van der Waals surface area contributed by atoms with Crippen LogP contribution in [0.25, 0.3) is 0 Å². The second-order valence-electron chi connectivity index (χ2n) is 7.13. The molecule has 6 heteroatoms. The third-order valence-electron chi connectivity index (χ3n) is 5.60. The fourth-order valence-electron chi connectivity index (χ4n) is 3.84. The number of guanidine groups is 1. The molecule has 0 unspecified atom stereocenters. The van der Waals surface area contributed by atoms with Gasteiger partial charge in [0.2, 0.25) is 0 Å². The Morgan fingerprint density at radius 1 is 1.25 bits per heavy atom. The molecule has 6 nitrogen and oxygen atoms in total. The van der Waals surface area contributed by atoms with Crippen molar-refractivity contribution in [3.05, 3.63) is 0 Å². The van der Waals surface area contributed by atoms with Crippen molar-refractivity contribution in [2.75, 3.05) is 33.3 Å². The lowest BCUT2D eigenvalue weighted by atomic mass is 9.84. The van der Waals surface area contributed by atoms with Crippen LogP contribution in [0.5, 0.6) is 0 Å². The summed E-state index contributed by atoms with van der Waals surface area (Å²) in [5.41, 5.74) is 0.413. The second-order valence-corrected chi connectivity index (χ2v) is 7.13. The van der Waals surface area contributed by atoms with Crippen LogP contribution < -0.4 is 10.6 Å². The van der Waals surface area contributed by atoms with E-state index >= 15 is 0 Å². The summed E-state index contributed by atoms with van der Waals surface area (Å²) < 4.78 is 4.79. The maximum absolute atomic E-state index is 11.6. The summed E-state index contributed by atoms with van der Waals surface area (Å²) >= 11 is 0. The molecule has 138 valence electrons. The predicted molar refractivity (Wildman–Crippen MR) is 97.3 cm³/mol. The van der Waals surface area contributed by atoms with E-state index < -0.39 is 0 Å². The molecule has 1 saturated heterocycles. The number of amides is 1. The van der Waals surface area contributed by atoms with E-state index in [4.69, 9.17) is 9.73 Å². The lowest BCUT2D eigenvalue weighted by Crippen LogP contribution is -2.50. The normalized spacial score (nSPS) is 21.6. The highest BCUT2D eigenvalue weighted by atomic mass is 16.5. The monoisotopic (exact) mass is 338 g/mol. The minimum atomic E-state index is -0.222. The smallest absolute Gasteiger partial charge is 0.409 e. The van der Waals surface area contributed by atoms with Gasteiger partial charge in [-0.1, -0.05) is 19.8 Å². The van der Waals surface area contributed by atoms with Crippen LogP contribution in [0.3, 0.4) is 0 Å². The number of nitrogens with one attached hydrogen (secondary N) is 2. The zero-order valence-corrected chi connectivity index (χ0v) is 15.6. The molecule has 2 N–H and O–H groups in total. The molecular formula is C18H34N4O2. The number of ether oxygens (including phenoxy) is 1. The molecule has 0 radical (unpaired) electrons. The first kappa shape index (κ1) is 18.9. The molecule has 24 heavy (non-hydrogen) atoms. The van der Waals surface area contributed by atoms with E-state index in [1.807, 2.05) is 0 Å². The van der Waals surface area contributed by atoms with Crippen molar-refractivity contribution in [3.63, 3.8) is 0 Å². The first-order chi connectivity index (χ1) is 11.6. The summed E-state index contributed by atoms with van der Waals surface area (Å²) in [6.45, 7) is 7.66. The van der Waals surface area contributed by atoms with Crippen molar-refractivity contribution in [3.8, 4) is 0 Å². The highest BCUT2D eigenvalue weighted by Gasteiger charge is 2.32. The maximum Gasteiger partial charge on any atom is 0.409 e. The first-order valence-electron chi connectivity index (χ1n) is 9.50. The van der Waals surface area contributed by atoms with E-state index in [9.17, 15) is 4.79 Å². The van der Waals surface area contributed by atoms with Gasteiger partial charge in [0.15, 0.2) is 5.96 Å². The number of nitrogens with zero attached hydrogens (tertiary/aromatic N) is 2. The number of likely N-dealkylation sites (tertiary alicyclic amines) is 1. The quantitative estimate of drug-likeness (QED) is 0.597. The van der Waals surface area contributed by atoms with E-state index in [0.717, 1.165) is 45.0 Å². The van der Waals surface area contributed by atoms with Crippen LogP contribution in [0.2, 0.25) is 0 Å². The maximum atomic E-state index is 11.6. The van der Waals surface area contributed by atoms with Crippen molar-refractivity contribution >= 4 is 12.1 Å². The number of hydrogen-bond acceptors (Lipinski definition) is 3. The minimum absolute atomic E-state index is 0.222. The molecule has 0 bridgehead atoms. The Labute approximate surface area is 146 Å². The average molecular weight is 338 g/mol. The van der Waals surface area contributed by atoms with Crippen LogP contribution in [-0.4, -0.2) is 56.3 Å². The molecular weight excluding hydrogens is 304 g/mol. The molecule has 1 amide bonds. The molecule has 0 aromatic carbocycles. The average Bonchev–Trinajstić information content (AvgIpc) is 3.09. The zero-order chi connectivity index (χ0) is 17.4. The number of rotatable bonds is 5. The van der Waals surface area contributed by atoms with Gasteiger partial charge in [0, 0.05) is 32.2 Å². The highest BCUT2D eigenvalue weighted by molar-refractivity contribution is 5.80. The molecule has 2 aliphatic rings. The zero-order valence-electron chi connectivity index (χ0n) is 15.6. The van der Waals surface area contributed by atoms with E-state index in [1.54, 1.807) is 4.90 Å². The highest BCUT2D eigenvalue weighted by Crippen LogP contribution is 2.41. The van der Waals surface area contributed by atoms with Gasteiger partial charge in [0.1, 0.15) is 0 Å². The van der Waals surface area contributed by atoms with Crippen LogP contribution in [-0.2, 0) is 4.74 Å². The van der Waals surface area contributed by atoms with E-state index in [0.29, 0.717) is 11.5 Å². The third kappa shape index (κ3) is 5.02. The van der Waals surface area contributed by atoms with Gasteiger partial charge < -0.3 is 20.3 Å². The number of methoxy groups -OCH3 is 1. The molecule has 1 heterocycles. The Hall–Kier alpha value is -1.46. The largest absolute Gasteiger partial charge is 0.453 e. The summed E-state index contributed by atoms with van der Waals surface area (Å²) in [5, 5.41) is 6.93. The topological polar surface area (TPSA) is 66.0 Å². The van der Waals surface area contributed by atoms with Crippen LogP contribution >= 0.6 is 0 Å². The van der Waals surface area contributed by atoms with Gasteiger partial charge in [-0.05, 0) is 44.4 Å². The Bertz CT molecular complexity index is 425. The lowest BCUT2D eigenvalue weighted by molar-refractivity contribution is 0.111. The SMILES string of the molecule is CCNC(=NCC1(CC)CCCC1)NC1CCN(C(=O)OC)CC1. The van der Waals surface area contributed by atoms with Gasteiger partial charge in [-0.25, -0.2) is 4.79 Å². The van der Waals surface area contributed by atoms with Gasteiger partial charge >= 0.3 is 6.09 Å². The Morgan fingerprint density at radius 3 is 2.46 bits per heavy atom. The fraction of sp³-hybridized carbons (Fsp3) is 0.889. The van der Waals surface area contributed by atoms with Crippen LogP contribution in [0.4, 0.5) is 4.79 Å². The first-order valence-corrected chi connectivity index (χ1v) is 9.50. The summed E-state index contributed by atoms with van der Waals surface area (Å²) in [6.07, 6.45) is 8.16. The molecule has 2 rings (SSSR count). The predicted octanol–water partition coefficient (Wildman–Crippen LogP) is 2.74. The standard InChI is InChI=1S/C18H34N4O2/c1-4-18(10-6-7-11-18)14-20-16(19-5-2)21-15-8-12-22(13-9-15)17(23)24-3/h15H,4-14H2,1-3H3,(H2,19,20,21). The molecule has 0 aromatic heterocycles. The summed E-state index contributed by atoms with van der Waals surface area (Å²) in [6, 6.07) is 0.366.